The van der Waals surface area contributed by atoms with E-state index >= 15 is 0 Å². The number of benzene rings is 1. The summed E-state index contributed by atoms with van der Waals surface area (Å²) in [6, 6.07) is 12.0. The highest BCUT2D eigenvalue weighted by molar-refractivity contribution is 5.33. The van der Waals surface area contributed by atoms with E-state index in [0.29, 0.717) is 6.08 Å². The highest BCUT2D eigenvalue weighted by Crippen LogP contribution is 2.13. The van der Waals surface area contributed by atoms with E-state index in [1.165, 1.54) is 4.99 Å². The van der Waals surface area contributed by atoms with Gasteiger partial charge in [-0.05, 0) is 0 Å². The lowest BCUT2D eigenvalue weighted by molar-refractivity contribution is -0.119. The van der Waals surface area contributed by atoms with Crippen molar-refractivity contribution in [1.82, 2.24) is 0 Å². The molecule has 1 aromatic carbocycles. The van der Waals surface area contributed by atoms with Crippen LogP contribution in [0.15, 0.2) is 41.4 Å². The topological polar surface area (TPSA) is 29.4 Å². The lowest BCUT2D eigenvalue weighted by atomic mass is 10.4. The minimum Gasteiger partial charge on any atom is -0.211 e. The van der Waals surface area contributed by atoms with Gasteiger partial charge in [0, 0.05) is 0 Å². The van der Waals surface area contributed by atoms with Crippen LogP contribution in [0.1, 0.15) is 0 Å². The molecule has 70 valence electrons. The smallest absolute Gasteiger partial charge is 0.211 e. The van der Waals surface area contributed by atoms with Crippen LogP contribution in [0.2, 0.25) is 0 Å². The van der Waals surface area contributed by atoms with Gasteiger partial charge in [0.1, 0.15) is 0 Å². The van der Waals surface area contributed by atoms with Crippen LogP contribution in [0.3, 0.4) is 0 Å². The number of rotatable bonds is 0. The molecule has 0 aromatic heterocycles. The van der Waals surface area contributed by atoms with Gasteiger partial charge in [-0.25, -0.2) is 4.79 Å². The largest absolute Gasteiger partial charge is 0.513 e. The molecule has 0 saturated carbocycles. The zero-order valence-corrected chi connectivity index (χ0v) is 6.45. The molecule has 13 heavy (non-hydrogen) atoms. The Morgan fingerprint density at radius 1 is 0.923 bits per heavy atom. The summed E-state index contributed by atoms with van der Waals surface area (Å²) in [4.78, 5) is 10.3. The van der Waals surface area contributed by atoms with E-state index in [1.807, 2.05) is 36.4 Å². The summed E-state index contributed by atoms with van der Waals surface area (Å²) in [6.07, 6.45) is -4.39. The molecule has 0 radical (unpaired) electrons. The summed E-state index contributed by atoms with van der Waals surface area (Å²) < 4.78 is 31.9. The molecule has 0 aliphatic rings. The van der Waals surface area contributed by atoms with Gasteiger partial charge in [0.25, 0.3) is 0 Å². The van der Waals surface area contributed by atoms with Crippen molar-refractivity contribution in [3.8, 4) is 0 Å². The molecule has 1 rings (SSSR count). The van der Waals surface area contributed by atoms with E-state index in [2.05, 4.69) is 0 Å². The van der Waals surface area contributed by atoms with Gasteiger partial charge in [0.15, 0.2) is 0 Å². The van der Waals surface area contributed by atoms with Gasteiger partial charge in [-0.2, -0.15) is 0 Å². The summed E-state index contributed by atoms with van der Waals surface area (Å²) in [6.45, 7) is 0. The fraction of sp³-hybridized carbons (Fsp3) is 0.125. The highest BCUT2D eigenvalue weighted by atomic mass is 19.4. The molecule has 0 atom stereocenters. The maximum atomic E-state index is 10.6. The molecular weight excluding hydrogens is 183 g/mol. The highest BCUT2D eigenvalue weighted by Gasteiger charge is 2.25. The van der Waals surface area contributed by atoms with E-state index in [4.69, 9.17) is 4.79 Å². The van der Waals surface area contributed by atoms with Crippen molar-refractivity contribution in [1.29, 1.82) is 0 Å². The summed E-state index contributed by atoms with van der Waals surface area (Å²) in [5.41, 5.74) is 0. The number of hydrogen-bond acceptors (Lipinski definition) is 2. The Morgan fingerprint density at radius 2 is 1.23 bits per heavy atom. The molecule has 0 unspecified atom stereocenters. The number of alkyl halides is 3. The van der Waals surface area contributed by atoms with Crippen LogP contribution in [0.5, 0.6) is 0 Å². The Bertz CT molecular complexity index is 238. The second kappa shape index (κ2) is 5.97. The first kappa shape index (κ1) is 11.4. The number of hydrogen-bond donors (Lipinski definition) is 0. The van der Waals surface area contributed by atoms with Crippen LogP contribution >= 0.6 is 0 Å². The molecule has 0 spiro atoms. The lowest BCUT2D eigenvalue weighted by Crippen LogP contribution is -1.99. The van der Waals surface area contributed by atoms with E-state index in [-0.39, 0.29) is 0 Å². The van der Waals surface area contributed by atoms with Crippen molar-refractivity contribution in [3.05, 3.63) is 36.4 Å². The minimum absolute atomic E-state index is 0.358. The molecule has 0 aliphatic carbocycles. The van der Waals surface area contributed by atoms with Gasteiger partial charge < -0.3 is 0 Å². The quantitative estimate of drug-likeness (QED) is 0.350. The molecule has 5 heteroatoms. The zero-order valence-electron chi connectivity index (χ0n) is 6.45. The van der Waals surface area contributed by atoms with Gasteiger partial charge in [-0.1, -0.05) is 36.4 Å². The Kier molecular flexibility index (Phi) is 5.23. The van der Waals surface area contributed by atoms with Crippen molar-refractivity contribution < 1.29 is 18.0 Å². The van der Waals surface area contributed by atoms with Gasteiger partial charge in [0.05, 0.1) is 0 Å². The zero-order chi connectivity index (χ0) is 10.2. The van der Waals surface area contributed by atoms with Crippen molar-refractivity contribution in [3.63, 3.8) is 0 Å². The van der Waals surface area contributed by atoms with E-state index in [1.54, 1.807) is 0 Å². The summed E-state index contributed by atoms with van der Waals surface area (Å²) in [5.74, 6) is 0. The second-order valence-electron chi connectivity index (χ2n) is 1.83. The van der Waals surface area contributed by atoms with Gasteiger partial charge in [-0.3, -0.25) is 0 Å². The number of isocyanates is 1. The van der Waals surface area contributed by atoms with Crippen LogP contribution in [0.4, 0.5) is 13.2 Å². The van der Waals surface area contributed by atoms with Gasteiger partial charge >= 0.3 is 6.30 Å². The monoisotopic (exact) mass is 189 g/mol. The average molecular weight is 189 g/mol. The molecule has 2 nitrogen and oxygen atoms in total. The molecule has 0 heterocycles. The standard InChI is InChI=1S/C6H6.C2F3NO/c1-2-4-6-5-3-1;3-2(4,5)6-1-7/h1-6H;. The third kappa shape index (κ3) is 10.4. The van der Waals surface area contributed by atoms with Crippen LogP contribution in [0, 0.1) is 0 Å². The lowest BCUT2D eigenvalue weighted by Gasteiger charge is -1.88. The van der Waals surface area contributed by atoms with E-state index < -0.39 is 6.30 Å². The third-order valence-electron chi connectivity index (χ3n) is 0.839. The van der Waals surface area contributed by atoms with Crippen molar-refractivity contribution in [2.75, 3.05) is 0 Å². The summed E-state index contributed by atoms with van der Waals surface area (Å²) >= 11 is 0. The minimum atomic E-state index is -4.75. The third-order valence-corrected chi connectivity index (χ3v) is 0.839. The number of aliphatic imine (C=N–C) groups is 1. The molecular formula is C8H6F3NO. The van der Waals surface area contributed by atoms with Crippen LogP contribution in [-0.2, 0) is 4.79 Å². The number of nitrogens with zero attached hydrogens (tertiary/aromatic N) is 1. The number of halogens is 3. The Morgan fingerprint density at radius 3 is 1.31 bits per heavy atom. The van der Waals surface area contributed by atoms with Gasteiger partial charge in [0.2, 0.25) is 6.08 Å². The van der Waals surface area contributed by atoms with Crippen molar-refractivity contribution in [2.24, 2.45) is 4.99 Å². The Balaban J connectivity index is 0.000000223. The summed E-state index contributed by atoms with van der Waals surface area (Å²) in [7, 11) is 0. The maximum absolute atomic E-state index is 10.6. The predicted octanol–water partition coefficient (Wildman–Crippen LogP) is 2.53. The van der Waals surface area contributed by atoms with Gasteiger partial charge in [-0.15, -0.1) is 18.2 Å². The van der Waals surface area contributed by atoms with Crippen molar-refractivity contribution >= 4 is 6.08 Å². The van der Waals surface area contributed by atoms with Crippen LogP contribution in [-0.4, -0.2) is 12.4 Å². The normalized spacial score (nSPS) is 9.15. The average Bonchev–Trinajstić information content (AvgIpc) is 2.06. The van der Waals surface area contributed by atoms with E-state index in [0.717, 1.165) is 0 Å². The molecule has 0 bridgehead atoms. The first-order valence-corrected chi connectivity index (χ1v) is 3.22. The second-order valence-corrected chi connectivity index (χ2v) is 1.83. The Labute approximate surface area is 72.7 Å². The van der Waals surface area contributed by atoms with E-state index in [9.17, 15) is 13.2 Å². The number of carbonyl (C=O) groups excluding carboxylic acids is 1. The fourth-order valence-corrected chi connectivity index (χ4v) is 0.437. The maximum Gasteiger partial charge on any atom is 0.513 e. The van der Waals surface area contributed by atoms with Crippen molar-refractivity contribution in [2.45, 2.75) is 6.30 Å². The summed E-state index contributed by atoms with van der Waals surface area (Å²) in [5, 5.41) is 0. The molecule has 1 aromatic rings. The Hall–Kier alpha value is -1.61. The molecule has 0 fully saturated rings. The first-order valence-electron chi connectivity index (χ1n) is 3.22. The molecule has 0 saturated heterocycles. The van der Waals surface area contributed by atoms with Crippen LogP contribution in [0.25, 0.3) is 0 Å². The van der Waals surface area contributed by atoms with Crippen LogP contribution < -0.4 is 0 Å². The SMILES string of the molecule is O=C=NC(F)(F)F.c1ccccc1. The fourth-order valence-electron chi connectivity index (χ4n) is 0.437. The molecule has 0 aliphatic heterocycles. The predicted molar refractivity (Wildman–Crippen MR) is 40.6 cm³/mol. The molecule has 0 N–H and O–H groups in total. The first-order chi connectivity index (χ1) is 6.06. The molecule has 0 amide bonds.